The van der Waals surface area contributed by atoms with E-state index in [1.54, 1.807) is 6.07 Å². The van der Waals surface area contributed by atoms with Crippen molar-refractivity contribution in [2.24, 2.45) is 5.92 Å². The topological polar surface area (TPSA) is 68.3 Å². The molecule has 0 aliphatic carbocycles. The zero-order chi connectivity index (χ0) is 14.0. The van der Waals surface area contributed by atoms with Gasteiger partial charge in [-0.2, -0.15) is 0 Å². The number of nitrogens with two attached hydrogens (primary N) is 1. The van der Waals surface area contributed by atoms with Gasteiger partial charge < -0.3 is 15.2 Å². The molecule has 1 aliphatic heterocycles. The zero-order valence-electron chi connectivity index (χ0n) is 11.5. The minimum Gasteiger partial charge on any atom is -0.398 e. The zero-order valence-corrected chi connectivity index (χ0v) is 11.5. The highest BCUT2D eigenvalue weighted by molar-refractivity contribution is 5.76. The van der Waals surface area contributed by atoms with Crippen LogP contribution in [0.2, 0.25) is 0 Å². The number of nitrogen functional groups attached to an aromatic ring is 1. The van der Waals surface area contributed by atoms with Crippen molar-refractivity contribution in [2.45, 2.75) is 39.3 Å². The van der Waals surface area contributed by atoms with E-state index in [0.717, 1.165) is 19.4 Å². The normalized spacial score (nSPS) is 23.4. The van der Waals surface area contributed by atoms with Crippen LogP contribution in [-0.4, -0.2) is 28.0 Å². The number of amides is 1. The van der Waals surface area contributed by atoms with Gasteiger partial charge in [0.1, 0.15) is 6.54 Å². The molecule has 0 bridgehead atoms. The van der Waals surface area contributed by atoms with Gasteiger partial charge in [0.25, 0.3) is 5.56 Å². The molecule has 1 saturated heterocycles. The Labute approximate surface area is 113 Å². The highest BCUT2D eigenvalue weighted by atomic mass is 16.2. The number of rotatable bonds is 2. The third-order valence-electron chi connectivity index (χ3n) is 3.77. The summed E-state index contributed by atoms with van der Waals surface area (Å²) in [5.41, 5.74) is 5.94. The van der Waals surface area contributed by atoms with Crippen molar-refractivity contribution in [3.8, 4) is 0 Å². The van der Waals surface area contributed by atoms with Crippen molar-refractivity contribution in [3.63, 3.8) is 0 Å². The van der Waals surface area contributed by atoms with Crippen LogP contribution in [0.4, 0.5) is 5.69 Å². The van der Waals surface area contributed by atoms with Gasteiger partial charge in [-0.1, -0.05) is 6.92 Å². The van der Waals surface area contributed by atoms with E-state index >= 15 is 0 Å². The molecular formula is C14H21N3O2. The standard InChI is InChI=1S/C14H21N3O2/c1-10-5-6-17(11(2)7-10)14(19)9-16-8-12(15)3-4-13(16)18/h3-4,8,10-11H,5-7,9,15H2,1-2H3. The highest BCUT2D eigenvalue weighted by Gasteiger charge is 2.26. The molecule has 2 atom stereocenters. The van der Waals surface area contributed by atoms with Crippen LogP contribution in [0.5, 0.6) is 0 Å². The van der Waals surface area contributed by atoms with Crippen LogP contribution in [-0.2, 0) is 11.3 Å². The molecule has 0 aromatic carbocycles. The highest BCUT2D eigenvalue weighted by Crippen LogP contribution is 2.22. The summed E-state index contributed by atoms with van der Waals surface area (Å²) in [6.45, 7) is 5.12. The number of anilines is 1. The molecule has 1 aromatic rings. The van der Waals surface area contributed by atoms with Crippen molar-refractivity contribution >= 4 is 11.6 Å². The summed E-state index contributed by atoms with van der Waals surface area (Å²) < 4.78 is 1.38. The fraction of sp³-hybridized carbons (Fsp3) is 0.571. The quantitative estimate of drug-likeness (QED) is 0.868. The summed E-state index contributed by atoms with van der Waals surface area (Å²) in [6.07, 6.45) is 3.58. The molecule has 1 amide bonds. The van der Waals surface area contributed by atoms with Crippen molar-refractivity contribution in [3.05, 3.63) is 28.7 Å². The number of piperidine rings is 1. The Hall–Kier alpha value is -1.78. The van der Waals surface area contributed by atoms with Gasteiger partial charge >= 0.3 is 0 Å². The molecule has 0 saturated carbocycles. The molecule has 19 heavy (non-hydrogen) atoms. The van der Waals surface area contributed by atoms with E-state index in [2.05, 4.69) is 13.8 Å². The summed E-state index contributed by atoms with van der Waals surface area (Å²) >= 11 is 0. The SMILES string of the molecule is CC1CCN(C(=O)Cn2cc(N)ccc2=O)C(C)C1. The van der Waals surface area contributed by atoms with Gasteiger partial charge in [0.15, 0.2) is 0 Å². The summed E-state index contributed by atoms with van der Waals surface area (Å²) in [4.78, 5) is 25.8. The lowest BCUT2D eigenvalue weighted by molar-refractivity contribution is -0.135. The Balaban J connectivity index is 2.09. The second-order valence-corrected chi connectivity index (χ2v) is 5.49. The monoisotopic (exact) mass is 263 g/mol. The Morgan fingerprint density at radius 1 is 1.42 bits per heavy atom. The van der Waals surface area contributed by atoms with E-state index in [4.69, 9.17) is 5.73 Å². The maximum Gasteiger partial charge on any atom is 0.251 e. The van der Waals surface area contributed by atoms with E-state index in [0.29, 0.717) is 11.6 Å². The smallest absolute Gasteiger partial charge is 0.251 e. The maximum absolute atomic E-state index is 12.3. The van der Waals surface area contributed by atoms with Crippen LogP contribution in [0.25, 0.3) is 0 Å². The molecule has 0 spiro atoms. The Morgan fingerprint density at radius 2 is 2.16 bits per heavy atom. The molecule has 0 radical (unpaired) electrons. The van der Waals surface area contributed by atoms with Gasteiger partial charge in [-0.25, -0.2) is 0 Å². The van der Waals surface area contributed by atoms with Crippen LogP contribution < -0.4 is 11.3 Å². The first-order chi connectivity index (χ1) is 8.97. The van der Waals surface area contributed by atoms with E-state index < -0.39 is 0 Å². The van der Waals surface area contributed by atoms with Crippen molar-refractivity contribution < 1.29 is 4.79 Å². The van der Waals surface area contributed by atoms with Crippen LogP contribution in [0.3, 0.4) is 0 Å². The Kier molecular flexibility index (Phi) is 3.93. The first kappa shape index (κ1) is 13.6. The molecule has 2 N–H and O–H groups in total. The fourth-order valence-electron chi connectivity index (χ4n) is 2.69. The first-order valence-electron chi connectivity index (χ1n) is 6.73. The number of nitrogens with zero attached hydrogens (tertiary/aromatic N) is 2. The Morgan fingerprint density at radius 3 is 2.84 bits per heavy atom. The Bertz CT molecular complexity index is 524. The molecular weight excluding hydrogens is 242 g/mol. The second kappa shape index (κ2) is 5.47. The summed E-state index contributed by atoms with van der Waals surface area (Å²) in [6, 6.07) is 3.19. The molecule has 2 unspecified atom stereocenters. The van der Waals surface area contributed by atoms with Crippen molar-refractivity contribution in [2.75, 3.05) is 12.3 Å². The molecule has 104 valence electrons. The van der Waals surface area contributed by atoms with Gasteiger partial charge in [-0.05, 0) is 31.7 Å². The van der Waals surface area contributed by atoms with E-state index in [9.17, 15) is 9.59 Å². The molecule has 1 aliphatic rings. The van der Waals surface area contributed by atoms with E-state index in [1.807, 2.05) is 4.90 Å². The minimum atomic E-state index is -0.194. The largest absolute Gasteiger partial charge is 0.398 e. The van der Waals surface area contributed by atoms with Gasteiger partial charge in [0.2, 0.25) is 5.91 Å². The fourth-order valence-corrected chi connectivity index (χ4v) is 2.69. The summed E-state index contributed by atoms with van der Waals surface area (Å²) in [7, 11) is 0. The summed E-state index contributed by atoms with van der Waals surface area (Å²) in [5.74, 6) is 0.654. The van der Waals surface area contributed by atoms with Crippen LogP contribution in [0, 0.1) is 5.92 Å². The van der Waals surface area contributed by atoms with Gasteiger partial charge in [-0.3, -0.25) is 9.59 Å². The number of carbonyl (C=O) groups is 1. The van der Waals surface area contributed by atoms with E-state index in [-0.39, 0.29) is 24.1 Å². The number of aromatic nitrogens is 1. The van der Waals surface area contributed by atoms with Gasteiger partial charge in [-0.15, -0.1) is 0 Å². The lowest BCUT2D eigenvalue weighted by atomic mass is 9.93. The van der Waals surface area contributed by atoms with Crippen LogP contribution >= 0.6 is 0 Å². The first-order valence-corrected chi connectivity index (χ1v) is 6.73. The molecule has 2 rings (SSSR count). The van der Waals surface area contributed by atoms with Crippen molar-refractivity contribution in [1.29, 1.82) is 0 Å². The maximum atomic E-state index is 12.3. The average Bonchev–Trinajstić information content (AvgIpc) is 2.33. The second-order valence-electron chi connectivity index (χ2n) is 5.49. The molecule has 1 fully saturated rings. The third kappa shape index (κ3) is 3.16. The lowest BCUT2D eigenvalue weighted by Crippen LogP contribution is -2.46. The van der Waals surface area contributed by atoms with E-state index in [1.165, 1.54) is 16.8 Å². The summed E-state index contributed by atoms with van der Waals surface area (Å²) in [5, 5.41) is 0. The lowest BCUT2D eigenvalue weighted by Gasteiger charge is -2.36. The van der Waals surface area contributed by atoms with Crippen LogP contribution in [0.15, 0.2) is 23.1 Å². The molecule has 5 nitrogen and oxygen atoms in total. The number of likely N-dealkylation sites (tertiary alicyclic amines) is 1. The average molecular weight is 263 g/mol. The predicted molar refractivity (Wildman–Crippen MR) is 74.7 cm³/mol. The minimum absolute atomic E-state index is 0.00731. The number of hydrogen-bond donors (Lipinski definition) is 1. The van der Waals surface area contributed by atoms with Crippen LogP contribution in [0.1, 0.15) is 26.7 Å². The third-order valence-corrected chi connectivity index (χ3v) is 3.77. The number of hydrogen-bond acceptors (Lipinski definition) is 3. The van der Waals surface area contributed by atoms with Gasteiger partial charge in [0, 0.05) is 30.5 Å². The van der Waals surface area contributed by atoms with Gasteiger partial charge in [0.05, 0.1) is 0 Å². The number of carbonyl (C=O) groups excluding carboxylic acids is 1. The molecule has 5 heteroatoms. The molecule has 2 heterocycles. The molecule has 1 aromatic heterocycles. The predicted octanol–water partition coefficient (Wildman–Crippen LogP) is 1.08. The number of pyridine rings is 1. The van der Waals surface area contributed by atoms with Crippen molar-refractivity contribution in [1.82, 2.24) is 9.47 Å².